The summed E-state index contributed by atoms with van der Waals surface area (Å²) in [4.78, 5) is -0.0949. The largest absolute Gasteiger partial charge is 0.295 e. The van der Waals surface area contributed by atoms with Crippen LogP contribution >= 0.6 is 0 Å². The van der Waals surface area contributed by atoms with Gasteiger partial charge >= 0.3 is 0 Å². The zero-order valence-corrected chi connectivity index (χ0v) is 14.6. The highest BCUT2D eigenvalue weighted by Gasteiger charge is 2.12. The Balaban J connectivity index is 1.85. The summed E-state index contributed by atoms with van der Waals surface area (Å²) in [5, 5.41) is 0. The Labute approximate surface area is 148 Å². The fourth-order valence-electron chi connectivity index (χ4n) is 2.57. The monoisotopic (exact) mass is 350 g/mol. The van der Waals surface area contributed by atoms with Crippen LogP contribution in [0.4, 0.5) is 0 Å². The number of rotatable bonds is 4. The standard InChI is InChI=1S/C21H18O3S/c1-16-6-11-18(12-7-16)19-13-8-17(9-14-19)10-15-20-4-2-3-5-21(20)25(22,23)24/h2-15H,1H3,(H,22,23,24)/b15-10+. The van der Waals surface area contributed by atoms with Crippen molar-refractivity contribution >= 4 is 22.3 Å². The van der Waals surface area contributed by atoms with Gasteiger partial charge in [-0.1, -0.05) is 84.4 Å². The maximum Gasteiger partial charge on any atom is 0.295 e. The fraction of sp³-hybridized carbons (Fsp3) is 0.0476. The summed E-state index contributed by atoms with van der Waals surface area (Å²) in [6.07, 6.45) is 3.51. The Bertz CT molecular complexity index is 1000. The molecule has 1 N–H and O–H groups in total. The zero-order valence-electron chi connectivity index (χ0n) is 13.8. The van der Waals surface area contributed by atoms with Crippen molar-refractivity contribution < 1.29 is 13.0 Å². The van der Waals surface area contributed by atoms with Crippen LogP contribution in [0.25, 0.3) is 23.3 Å². The number of benzene rings is 3. The second-order valence-corrected chi connectivity index (χ2v) is 7.22. The molecule has 0 aliphatic heterocycles. The third kappa shape index (κ3) is 4.24. The van der Waals surface area contributed by atoms with Gasteiger partial charge in [0.1, 0.15) is 4.90 Å². The van der Waals surface area contributed by atoms with Gasteiger partial charge in [-0.3, -0.25) is 4.55 Å². The van der Waals surface area contributed by atoms with Crippen molar-refractivity contribution in [2.24, 2.45) is 0 Å². The lowest BCUT2D eigenvalue weighted by molar-refractivity contribution is 0.483. The molecule has 0 aromatic heterocycles. The lowest BCUT2D eigenvalue weighted by atomic mass is 10.0. The summed E-state index contributed by atoms with van der Waals surface area (Å²) in [5.74, 6) is 0. The van der Waals surface area contributed by atoms with E-state index in [0.29, 0.717) is 5.56 Å². The van der Waals surface area contributed by atoms with Gasteiger partial charge in [0, 0.05) is 0 Å². The fourth-order valence-corrected chi connectivity index (χ4v) is 3.26. The first-order chi connectivity index (χ1) is 11.9. The van der Waals surface area contributed by atoms with Gasteiger partial charge in [-0.2, -0.15) is 8.42 Å². The van der Waals surface area contributed by atoms with Crippen molar-refractivity contribution in [1.82, 2.24) is 0 Å². The zero-order chi connectivity index (χ0) is 17.9. The van der Waals surface area contributed by atoms with Gasteiger partial charge in [-0.25, -0.2) is 0 Å². The molecular weight excluding hydrogens is 332 g/mol. The van der Waals surface area contributed by atoms with Crippen LogP contribution in [0.5, 0.6) is 0 Å². The van der Waals surface area contributed by atoms with Gasteiger partial charge in [0.15, 0.2) is 0 Å². The molecule has 0 aliphatic rings. The van der Waals surface area contributed by atoms with Crippen molar-refractivity contribution in [2.45, 2.75) is 11.8 Å². The van der Waals surface area contributed by atoms with E-state index < -0.39 is 10.1 Å². The molecule has 0 radical (unpaired) electrons. The molecule has 0 fully saturated rings. The van der Waals surface area contributed by atoms with Crippen molar-refractivity contribution in [2.75, 3.05) is 0 Å². The summed E-state index contributed by atoms with van der Waals surface area (Å²) in [5.41, 5.74) is 4.89. The molecule has 0 heterocycles. The first kappa shape index (κ1) is 17.1. The van der Waals surface area contributed by atoms with Gasteiger partial charge < -0.3 is 0 Å². The normalized spacial score (nSPS) is 11.8. The first-order valence-electron chi connectivity index (χ1n) is 7.85. The minimum Gasteiger partial charge on any atom is -0.282 e. The molecule has 3 aromatic carbocycles. The molecule has 126 valence electrons. The molecule has 3 nitrogen and oxygen atoms in total. The molecule has 0 amide bonds. The first-order valence-corrected chi connectivity index (χ1v) is 9.29. The van der Waals surface area contributed by atoms with Crippen molar-refractivity contribution in [3.05, 3.63) is 89.5 Å². The Kier molecular flexibility index (Phi) is 4.83. The summed E-state index contributed by atoms with van der Waals surface area (Å²) < 4.78 is 32.1. The topological polar surface area (TPSA) is 54.4 Å². The van der Waals surface area contributed by atoms with E-state index in [9.17, 15) is 13.0 Å². The van der Waals surface area contributed by atoms with E-state index in [1.165, 1.54) is 11.6 Å². The van der Waals surface area contributed by atoms with Gasteiger partial charge in [-0.05, 0) is 35.2 Å². The quantitative estimate of drug-likeness (QED) is 0.527. The van der Waals surface area contributed by atoms with Gasteiger partial charge in [0.25, 0.3) is 10.1 Å². The van der Waals surface area contributed by atoms with Crippen LogP contribution in [0.3, 0.4) is 0 Å². The van der Waals surface area contributed by atoms with E-state index in [2.05, 4.69) is 31.2 Å². The van der Waals surface area contributed by atoms with Crippen molar-refractivity contribution in [3.63, 3.8) is 0 Å². The Morgan fingerprint density at radius 1 is 0.760 bits per heavy atom. The van der Waals surface area contributed by atoms with E-state index >= 15 is 0 Å². The van der Waals surface area contributed by atoms with Gasteiger partial charge in [-0.15, -0.1) is 0 Å². The second kappa shape index (κ2) is 7.05. The summed E-state index contributed by atoms with van der Waals surface area (Å²) in [6, 6.07) is 22.7. The Hall–Kier alpha value is -2.69. The minimum absolute atomic E-state index is 0.0949. The number of aryl methyl sites for hydroxylation is 1. The molecule has 0 bridgehead atoms. The van der Waals surface area contributed by atoms with Gasteiger partial charge in [0.2, 0.25) is 0 Å². The molecule has 0 aliphatic carbocycles. The molecule has 3 rings (SSSR count). The Morgan fingerprint density at radius 3 is 1.92 bits per heavy atom. The van der Waals surface area contributed by atoms with E-state index in [1.54, 1.807) is 24.3 Å². The van der Waals surface area contributed by atoms with Crippen LogP contribution in [0.2, 0.25) is 0 Å². The van der Waals surface area contributed by atoms with Crippen LogP contribution < -0.4 is 0 Å². The van der Waals surface area contributed by atoms with Gasteiger partial charge in [0.05, 0.1) is 0 Å². The maximum atomic E-state index is 11.4. The smallest absolute Gasteiger partial charge is 0.282 e. The second-order valence-electron chi connectivity index (χ2n) is 5.83. The van der Waals surface area contributed by atoms with E-state index in [-0.39, 0.29) is 4.90 Å². The molecular formula is C21H18O3S. The number of hydrogen-bond acceptors (Lipinski definition) is 2. The van der Waals surface area contributed by atoms with Crippen molar-refractivity contribution in [1.29, 1.82) is 0 Å². The van der Waals surface area contributed by atoms with E-state index in [0.717, 1.165) is 16.7 Å². The van der Waals surface area contributed by atoms with E-state index in [1.807, 2.05) is 30.3 Å². The lowest BCUT2D eigenvalue weighted by Gasteiger charge is -2.04. The molecule has 0 atom stereocenters. The molecule has 0 spiro atoms. The minimum atomic E-state index is -4.24. The highest BCUT2D eigenvalue weighted by atomic mass is 32.2. The molecule has 0 unspecified atom stereocenters. The predicted molar refractivity (Wildman–Crippen MR) is 102 cm³/mol. The average Bonchev–Trinajstić information content (AvgIpc) is 2.61. The van der Waals surface area contributed by atoms with Crippen LogP contribution in [-0.4, -0.2) is 13.0 Å². The highest BCUT2D eigenvalue weighted by Crippen LogP contribution is 2.22. The maximum absolute atomic E-state index is 11.4. The molecule has 3 aromatic rings. The number of hydrogen-bond donors (Lipinski definition) is 1. The van der Waals surface area contributed by atoms with Crippen LogP contribution in [0.15, 0.2) is 77.7 Å². The van der Waals surface area contributed by atoms with Crippen LogP contribution in [-0.2, 0) is 10.1 Å². The Morgan fingerprint density at radius 2 is 1.32 bits per heavy atom. The van der Waals surface area contributed by atoms with Crippen LogP contribution in [0.1, 0.15) is 16.7 Å². The molecule has 0 saturated carbocycles. The third-order valence-electron chi connectivity index (χ3n) is 3.95. The lowest BCUT2D eigenvalue weighted by Crippen LogP contribution is -2.00. The predicted octanol–water partition coefficient (Wildman–Crippen LogP) is 5.08. The van der Waals surface area contributed by atoms with Crippen LogP contribution in [0, 0.1) is 6.92 Å². The molecule has 0 saturated heterocycles. The molecule has 25 heavy (non-hydrogen) atoms. The SMILES string of the molecule is Cc1ccc(-c2ccc(/C=C/c3ccccc3S(=O)(=O)O)cc2)cc1. The summed E-state index contributed by atoms with van der Waals surface area (Å²) in [6.45, 7) is 2.06. The van der Waals surface area contributed by atoms with E-state index in [4.69, 9.17) is 0 Å². The molecule has 4 heteroatoms. The third-order valence-corrected chi connectivity index (χ3v) is 4.88. The van der Waals surface area contributed by atoms with Crippen molar-refractivity contribution in [3.8, 4) is 11.1 Å². The summed E-state index contributed by atoms with van der Waals surface area (Å²) in [7, 11) is -4.24. The average molecular weight is 350 g/mol. The highest BCUT2D eigenvalue weighted by molar-refractivity contribution is 7.85. The summed E-state index contributed by atoms with van der Waals surface area (Å²) >= 11 is 0.